The van der Waals surface area contributed by atoms with E-state index < -0.39 is 38.2 Å². The second-order valence-corrected chi connectivity index (χ2v) is 18.8. The van der Waals surface area contributed by atoms with Gasteiger partial charge in [0, 0.05) is 24.6 Å². The number of alkyl halides is 1. The van der Waals surface area contributed by atoms with Crippen LogP contribution in [0.15, 0.2) is 45.0 Å². The van der Waals surface area contributed by atoms with Gasteiger partial charge in [0.1, 0.15) is 31.7 Å². The number of aliphatic carboxylic acids is 1. The second kappa shape index (κ2) is 27.1. The highest BCUT2D eigenvalue weighted by Crippen LogP contribution is 2.33. The summed E-state index contributed by atoms with van der Waals surface area (Å²) >= 11 is 13.8. The van der Waals surface area contributed by atoms with E-state index in [4.69, 9.17) is 37.9 Å². The first kappa shape index (κ1) is 52.3. The summed E-state index contributed by atoms with van der Waals surface area (Å²) < 4.78 is 37.6. The highest BCUT2D eigenvalue weighted by molar-refractivity contribution is 8.00. The van der Waals surface area contributed by atoms with Crippen molar-refractivity contribution in [3.05, 3.63) is 66.8 Å². The largest absolute Gasteiger partial charge is 0.778 e. The highest BCUT2D eigenvalue weighted by atomic mass is 35.5. The fourth-order valence-electron chi connectivity index (χ4n) is 4.64. The standard InChI is InChI=1S/C15H15ClFN3O3S2.C14H20ClNO2.C3H8NO5P.C3H9S/c1-23-13(21)8-24-12-7-11(10(17)6-9(12)16)18-14-19-4-2-3-5-20(19)15(22)25-14;1-4-12-8-6-7-11(3)14(12)16(10-18-5-2)13(17)9-15;5-3(6)1-4-2-10(7,8)9;1-4(2)3/h6-7H,2-5,8H2,1H3;6-8H,4-5,9-10H2,1-3H3;4H,1-2H2,(H,5,6)(H2,7,8,9);1-3H3/q;;;+1/p-1. The van der Waals surface area contributed by atoms with E-state index in [1.54, 1.807) is 14.3 Å². The lowest BCUT2D eigenvalue weighted by Crippen LogP contribution is -2.35. The van der Waals surface area contributed by atoms with E-state index in [2.05, 4.69) is 35.4 Å². The normalized spacial score (nSPS) is 13.1. The van der Waals surface area contributed by atoms with Crippen LogP contribution in [0.3, 0.4) is 0 Å². The van der Waals surface area contributed by atoms with Gasteiger partial charge in [0.15, 0.2) is 0 Å². The maximum Gasteiger partial charge on any atom is 0.325 e. The number of aromatic nitrogens is 2. The summed E-state index contributed by atoms with van der Waals surface area (Å²) in [6.45, 7) is 7.64. The SMILES string of the molecule is CCOCN(C(=O)CCl)c1c(C)cccc1CC.COC(=O)CSc1cc(N=c2sc(=O)n3n2CCCC3)c(F)cc1Cl.C[S+](C)C.O=C(O)CNCP(=O)([O-])O. The molecule has 1 aromatic heterocycles. The molecule has 3 aromatic rings. The van der Waals surface area contributed by atoms with Crippen LogP contribution in [0.4, 0.5) is 15.8 Å². The van der Waals surface area contributed by atoms with Gasteiger partial charge in [-0.05, 0) is 78.6 Å². The number of nitrogens with zero attached hydrogens (tertiary/aromatic N) is 4. The second-order valence-electron chi connectivity index (χ2n) is 12.2. The lowest BCUT2D eigenvalue weighted by Gasteiger charge is -2.25. The molecule has 0 aliphatic carbocycles. The molecule has 0 bridgehead atoms. The number of carbonyl (C=O) groups excluding carboxylic acids is 2. The number of carboxylic acids is 1. The Morgan fingerprint density at radius 2 is 1.81 bits per heavy atom. The van der Waals surface area contributed by atoms with Gasteiger partial charge in [-0.1, -0.05) is 36.7 Å². The first-order chi connectivity index (χ1) is 26.8. The van der Waals surface area contributed by atoms with Crippen LogP contribution in [0, 0.1) is 12.7 Å². The molecule has 1 aliphatic rings. The van der Waals surface area contributed by atoms with Gasteiger partial charge in [-0.15, -0.1) is 23.4 Å². The Balaban J connectivity index is 0.000000443. The molecule has 0 saturated carbocycles. The average molecular weight is 919 g/mol. The molecule has 0 saturated heterocycles. The van der Waals surface area contributed by atoms with Crippen molar-refractivity contribution in [2.75, 3.05) is 68.6 Å². The number of aryl methyl sites for hydroxylation is 2. The molecule has 4 rings (SSSR count). The number of benzene rings is 2. The van der Waals surface area contributed by atoms with E-state index in [-0.39, 0.29) is 39.9 Å². The van der Waals surface area contributed by atoms with Gasteiger partial charge in [-0.25, -0.2) is 14.1 Å². The fourth-order valence-corrected chi connectivity index (χ4v) is 7.17. The minimum atomic E-state index is -4.35. The Labute approximate surface area is 353 Å². The summed E-state index contributed by atoms with van der Waals surface area (Å²) in [6.07, 6.45) is 8.64. The summed E-state index contributed by atoms with van der Waals surface area (Å²) in [4.78, 5) is 69.8. The molecule has 3 N–H and O–H groups in total. The number of halogens is 3. The first-order valence-corrected chi connectivity index (χ1v) is 24.2. The van der Waals surface area contributed by atoms with Crippen molar-refractivity contribution >= 4 is 94.0 Å². The fraction of sp³-hybridized carbons (Fsp3) is 0.514. The van der Waals surface area contributed by atoms with E-state index in [1.807, 2.05) is 37.4 Å². The molecule has 1 unspecified atom stereocenters. The van der Waals surface area contributed by atoms with Crippen LogP contribution < -0.4 is 24.8 Å². The summed E-state index contributed by atoms with van der Waals surface area (Å²) in [5, 5.41) is 10.2. The van der Waals surface area contributed by atoms with Crippen molar-refractivity contribution in [1.29, 1.82) is 0 Å². The van der Waals surface area contributed by atoms with Gasteiger partial charge in [0.25, 0.3) is 0 Å². The third-order valence-electron chi connectivity index (χ3n) is 7.08. The lowest BCUT2D eigenvalue weighted by atomic mass is 10.0. The van der Waals surface area contributed by atoms with Crippen molar-refractivity contribution in [3.63, 3.8) is 0 Å². The molecular formula is C35H51Cl2FN5O10PS3. The number of hydrogen-bond donors (Lipinski definition) is 3. The van der Waals surface area contributed by atoms with Crippen LogP contribution >= 0.6 is 53.9 Å². The van der Waals surface area contributed by atoms with Crippen molar-refractivity contribution in [2.24, 2.45) is 4.99 Å². The number of fused-ring (bicyclic) bond motifs is 1. The van der Waals surface area contributed by atoms with Gasteiger partial charge in [-0.3, -0.25) is 34.1 Å². The van der Waals surface area contributed by atoms with Gasteiger partial charge in [-0.2, -0.15) is 0 Å². The maximum atomic E-state index is 14.3. The number of carboxylic acid groups (broad SMARTS) is 1. The first-order valence-electron chi connectivity index (χ1n) is 17.3. The molecule has 22 heteroatoms. The molecule has 0 radical (unpaired) electrons. The number of anilines is 1. The Morgan fingerprint density at radius 3 is 2.35 bits per heavy atom. The number of carbonyl (C=O) groups is 3. The molecule has 2 aromatic carbocycles. The number of hydrogen-bond acceptors (Lipinski definition) is 12. The van der Waals surface area contributed by atoms with Crippen LogP contribution in [0.5, 0.6) is 0 Å². The molecular weight excluding hydrogens is 867 g/mol. The summed E-state index contributed by atoms with van der Waals surface area (Å²) in [6, 6.07) is 8.67. The van der Waals surface area contributed by atoms with Crippen LogP contribution in [-0.2, 0) is 58.8 Å². The molecule has 0 spiro atoms. The smallest absolute Gasteiger partial charge is 0.325 e. The van der Waals surface area contributed by atoms with Gasteiger partial charge in [0.2, 0.25) is 10.7 Å². The molecule has 2 heterocycles. The molecule has 57 heavy (non-hydrogen) atoms. The molecule has 0 fully saturated rings. The Morgan fingerprint density at radius 1 is 1.18 bits per heavy atom. The number of ether oxygens (including phenoxy) is 2. The number of amides is 1. The predicted molar refractivity (Wildman–Crippen MR) is 226 cm³/mol. The monoisotopic (exact) mass is 917 g/mol. The van der Waals surface area contributed by atoms with Crippen molar-refractivity contribution in [2.45, 2.75) is 58.0 Å². The number of nitrogens with one attached hydrogen (secondary N) is 1. The summed E-state index contributed by atoms with van der Waals surface area (Å²) in [5.74, 6) is -2.26. The molecule has 1 atom stereocenters. The number of methoxy groups -OCH3 is 1. The minimum absolute atomic E-state index is 0.0371. The number of esters is 1. The van der Waals surface area contributed by atoms with Gasteiger partial charge >= 0.3 is 16.8 Å². The maximum absolute atomic E-state index is 14.3. The Kier molecular flexibility index (Phi) is 24.9. The van der Waals surface area contributed by atoms with E-state index in [9.17, 15) is 33.0 Å². The van der Waals surface area contributed by atoms with Crippen molar-refractivity contribution in [1.82, 2.24) is 14.7 Å². The zero-order valence-corrected chi connectivity index (χ0v) is 37.8. The van der Waals surface area contributed by atoms with Gasteiger partial charge in [0.05, 0.1) is 55.2 Å². The third-order valence-corrected chi connectivity index (χ3v) is 10.3. The van der Waals surface area contributed by atoms with E-state index in [0.29, 0.717) is 40.3 Å². The van der Waals surface area contributed by atoms with E-state index in [0.717, 1.165) is 65.2 Å². The molecule has 15 nitrogen and oxygen atoms in total. The lowest BCUT2D eigenvalue weighted by molar-refractivity contribution is -0.193. The summed E-state index contributed by atoms with van der Waals surface area (Å²) in [5.41, 5.74) is 3.21. The van der Waals surface area contributed by atoms with E-state index in [1.165, 1.54) is 13.2 Å². The average Bonchev–Trinajstić information content (AvgIpc) is 3.46. The molecule has 320 valence electrons. The number of thioether (sulfide) groups is 1. The van der Waals surface area contributed by atoms with Crippen molar-refractivity contribution in [3.8, 4) is 0 Å². The summed E-state index contributed by atoms with van der Waals surface area (Å²) in [7, 11) is -2.41. The Bertz CT molecular complexity index is 1940. The zero-order valence-electron chi connectivity index (χ0n) is 32.9. The zero-order chi connectivity index (χ0) is 43.3. The number of rotatable bonds is 14. The minimum Gasteiger partial charge on any atom is -0.778 e. The topological polar surface area (TPSA) is 205 Å². The van der Waals surface area contributed by atoms with E-state index >= 15 is 0 Å². The highest BCUT2D eigenvalue weighted by Gasteiger charge is 2.19. The van der Waals surface area contributed by atoms with Gasteiger partial charge < -0.3 is 28.9 Å². The van der Waals surface area contributed by atoms with Crippen LogP contribution in [0.2, 0.25) is 5.02 Å². The quantitative estimate of drug-likeness (QED) is 0.0508. The number of para-hydroxylation sites is 1. The van der Waals surface area contributed by atoms with Crippen LogP contribution in [0.25, 0.3) is 0 Å². The predicted octanol–water partition coefficient (Wildman–Crippen LogP) is 4.58. The van der Waals surface area contributed by atoms with Crippen LogP contribution in [-0.4, -0.2) is 101 Å². The van der Waals surface area contributed by atoms with Crippen LogP contribution in [0.1, 0.15) is 37.8 Å². The van der Waals surface area contributed by atoms with Crippen molar-refractivity contribution < 1.29 is 47.7 Å². The third kappa shape index (κ3) is 19.7. The Hall–Kier alpha value is -2.71. The molecule has 1 amide bonds. The molecule has 1 aliphatic heterocycles.